The quantitative estimate of drug-likeness (QED) is 0.327. The zero-order valence-corrected chi connectivity index (χ0v) is 10.5. The van der Waals surface area contributed by atoms with Crippen LogP contribution in [0.15, 0.2) is 5.16 Å². The fourth-order valence-electron chi connectivity index (χ4n) is 2.54. The Morgan fingerprint density at radius 3 is 2.50 bits per heavy atom. The Balaban J connectivity index is 2.42. The van der Waals surface area contributed by atoms with Crippen LogP contribution in [0.5, 0.6) is 0 Å². The number of amidine groups is 1. The van der Waals surface area contributed by atoms with Crippen LogP contribution in [0.1, 0.15) is 46.0 Å². The maximum absolute atomic E-state index is 8.60. The van der Waals surface area contributed by atoms with E-state index in [0.29, 0.717) is 18.3 Å². The van der Waals surface area contributed by atoms with Crippen LogP contribution in [0, 0.1) is 5.92 Å². The highest BCUT2D eigenvalue weighted by Gasteiger charge is 2.23. The van der Waals surface area contributed by atoms with E-state index in [2.05, 4.69) is 23.9 Å². The smallest absolute Gasteiger partial charge is 0.140 e. The topological polar surface area (TPSA) is 61.8 Å². The summed E-state index contributed by atoms with van der Waals surface area (Å²) in [6.45, 7) is 6.76. The van der Waals surface area contributed by atoms with Gasteiger partial charge >= 0.3 is 0 Å². The van der Waals surface area contributed by atoms with Gasteiger partial charge in [0.2, 0.25) is 0 Å². The van der Waals surface area contributed by atoms with Crippen molar-refractivity contribution in [3.8, 4) is 0 Å². The number of rotatable bonds is 5. The predicted octanol–water partition coefficient (Wildman–Crippen LogP) is 2.02. The molecule has 0 radical (unpaired) electrons. The Bertz CT molecular complexity index is 222. The Morgan fingerprint density at radius 2 is 2.06 bits per heavy atom. The number of hydrogen-bond acceptors (Lipinski definition) is 3. The Hall–Kier alpha value is -0.770. The molecule has 0 spiro atoms. The predicted molar refractivity (Wildman–Crippen MR) is 66.7 cm³/mol. The van der Waals surface area contributed by atoms with E-state index < -0.39 is 0 Å². The van der Waals surface area contributed by atoms with Gasteiger partial charge in [-0.1, -0.05) is 25.4 Å². The molecule has 0 amide bonds. The van der Waals surface area contributed by atoms with E-state index in [0.717, 1.165) is 25.4 Å². The second kappa shape index (κ2) is 6.74. The van der Waals surface area contributed by atoms with Gasteiger partial charge in [0.15, 0.2) is 0 Å². The summed E-state index contributed by atoms with van der Waals surface area (Å²) in [7, 11) is 0. The normalized spacial score (nSPS) is 22.2. The van der Waals surface area contributed by atoms with Crippen molar-refractivity contribution in [2.75, 3.05) is 13.1 Å². The minimum atomic E-state index is 0.351. The molecular weight excluding hydrogens is 202 g/mol. The molecule has 0 bridgehead atoms. The molecule has 4 heteroatoms. The molecular formula is C12H25N3O. The summed E-state index contributed by atoms with van der Waals surface area (Å²) in [5, 5.41) is 11.7. The van der Waals surface area contributed by atoms with E-state index >= 15 is 0 Å². The van der Waals surface area contributed by atoms with E-state index in [1.54, 1.807) is 0 Å². The van der Waals surface area contributed by atoms with Crippen LogP contribution in [-0.2, 0) is 0 Å². The van der Waals surface area contributed by atoms with E-state index in [9.17, 15) is 0 Å². The first kappa shape index (κ1) is 13.3. The summed E-state index contributed by atoms with van der Waals surface area (Å²) >= 11 is 0. The summed E-state index contributed by atoms with van der Waals surface area (Å²) in [4.78, 5) is 2.49. The van der Waals surface area contributed by atoms with Gasteiger partial charge < -0.3 is 10.9 Å². The van der Waals surface area contributed by atoms with E-state index in [-0.39, 0.29) is 0 Å². The van der Waals surface area contributed by atoms with Gasteiger partial charge in [0, 0.05) is 12.5 Å². The highest BCUT2D eigenvalue weighted by atomic mass is 16.4. The van der Waals surface area contributed by atoms with Gasteiger partial charge in [-0.2, -0.15) is 0 Å². The zero-order chi connectivity index (χ0) is 12.0. The average Bonchev–Trinajstić information content (AvgIpc) is 2.35. The molecule has 16 heavy (non-hydrogen) atoms. The van der Waals surface area contributed by atoms with Crippen molar-refractivity contribution in [1.82, 2.24) is 4.90 Å². The molecule has 1 saturated heterocycles. The van der Waals surface area contributed by atoms with Gasteiger partial charge in [-0.3, -0.25) is 4.90 Å². The average molecular weight is 227 g/mol. The second-order valence-electron chi connectivity index (χ2n) is 4.75. The van der Waals surface area contributed by atoms with Gasteiger partial charge in [0.05, 0.1) is 0 Å². The van der Waals surface area contributed by atoms with Crippen molar-refractivity contribution in [3.05, 3.63) is 0 Å². The van der Waals surface area contributed by atoms with Gasteiger partial charge in [0.25, 0.3) is 0 Å². The van der Waals surface area contributed by atoms with Gasteiger partial charge in [-0.05, 0) is 38.3 Å². The lowest BCUT2D eigenvalue weighted by molar-refractivity contribution is 0.130. The maximum Gasteiger partial charge on any atom is 0.140 e. The van der Waals surface area contributed by atoms with Crippen molar-refractivity contribution < 1.29 is 5.21 Å². The Labute approximate surface area is 98.5 Å². The van der Waals surface area contributed by atoms with Crippen molar-refractivity contribution in [1.29, 1.82) is 0 Å². The van der Waals surface area contributed by atoms with Crippen LogP contribution in [0.3, 0.4) is 0 Å². The van der Waals surface area contributed by atoms with Gasteiger partial charge in [-0.25, -0.2) is 0 Å². The first-order valence-corrected chi connectivity index (χ1v) is 6.41. The van der Waals surface area contributed by atoms with Crippen LogP contribution in [0.25, 0.3) is 0 Å². The SMILES string of the molecule is CCC1CCN(C(CC)C/C(N)=N/O)CC1. The van der Waals surface area contributed by atoms with Gasteiger partial charge in [0.1, 0.15) is 5.84 Å². The molecule has 1 unspecified atom stereocenters. The molecule has 0 saturated carbocycles. The molecule has 4 nitrogen and oxygen atoms in total. The molecule has 1 aliphatic heterocycles. The number of oxime groups is 1. The lowest BCUT2D eigenvalue weighted by Crippen LogP contribution is -2.43. The van der Waals surface area contributed by atoms with Crippen LogP contribution in [0.2, 0.25) is 0 Å². The third kappa shape index (κ3) is 3.67. The lowest BCUT2D eigenvalue weighted by Gasteiger charge is -2.36. The first-order valence-electron chi connectivity index (χ1n) is 6.41. The molecule has 3 N–H and O–H groups in total. The molecule has 0 aromatic heterocycles. The molecule has 0 aromatic carbocycles. The molecule has 1 rings (SSSR count). The zero-order valence-electron chi connectivity index (χ0n) is 10.5. The van der Waals surface area contributed by atoms with Crippen molar-refractivity contribution >= 4 is 5.84 Å². The lowest BCUT2D eigenvalue weighted by atomic mass is 9.92. The summed E-state index contributed by atoms with van der Waals surface area (Å²) < 4.78 is 0. The fraction of sp³-hybridized carbons (Fsp3) is 0.917. The molecule has 1 aliphatic rings. The second-order valence-corrected chi connectivity index (χ2v) is 4.75. The summed E-state index contributed by atoms with van der Waals surface area (Å²) in [5.41, 5.74) is 5.58. The summed E-state index contributed by atoms with van der Waals surface area (Å²) in [6.07, 6.45) is 5.63. The third-order valence-corrected chi connectivity index (χ3v) is 3.79. The molecule has 0 aromatic rings. The standard InChI is InChI=1S/C12H25N3O/c1-3-10-5-7-15(8-6-10)11(4-2)9-12(13)14-16/h10-11,16H,3-9H2,1-2H3,(H2,13,14). The minimum absolute atomic E-state index is 0.351. The number of nitrogens with zero attached hydrogens (tertiary/aromatic N) is 2. The minimum Gasteiger partial charge on any atom is -0.409 e. The Kier molecular flexibility index (Phi) is 5.60. The summed E-state index contributed by atoms with van der Waals surface area (Å²) in [6, 6.07) is 0.439. The number of likely N-dealkylation sites (tertiary alicyclic amines) is 1. The molecule has 1 atom stereocenters. The Morgan fingerprint density at radius 1 is 1.44 bits per heavy atom. The highest BCUT2D eigenvalue weighted by Crippen LogP contribution is 2.23. The first-order chi connectivity index (χ1) is 7.71. The van der Waals surface area contributed by atoms with E-state index in [1.165, 1.54) is 19.3 Å². The highest BCUT2D eigenvalue weighted by molar-refractivity contribution is 5.80. The van der Waals surface area contributed by atoms with Crippen molar-refractivity contribution in [2.24, 2.45) is 16.8 Å². The fourth-order valence-corrected chi connectivity index (χ4v) is 2.54. The van der Waals surface area contributed by atoms with E-state index in [4.69, 9.17) is 10.9 Å². The van der Waals surface area contributed by atoms with Crippen molar-refractivity contribution in [3.63, 3.8) is 0 Å². The maximum atomic E-state index is 8.60. The molecule has 1 heterocycles. The van der Waals surface area contributed by atoms with Crippen LogP contribution < -0.4 is 5.73 Å². The third-order valence-electron chi connectivity index (χ3n) is 3.79. The number of hydrogen-bond donors (Lipinski definition) is 2. The van der Waals surface area contributed by atoms with Crippen LogP contribution in [-0.4, -0.2) is 35.1 Å². The number of piperidine rings is 1. The van der Waals surface area contributed by atoms with E-state index in [1.807, 2.05) is 0 Å². The van der Waals surface area contributed by atoms with Crippen molar-refractivity contribution in [2.45, 2.75) is 52.0 Å². The molecule has 1 fully saturated rings. The molecule has 94 valence electrons. The van der Waals surface area contributed by atoms with Crippen LogP contribution >= 0.6 is 0 Å². The van der Waals surface area contributed by atoms with Gasteiger partial charge in [-0.15, -0.1) is 0 Å². The molecule has 0 aliphatic carbocycles. The number of nitrogens with two attached hydrogens (primary N) is 1. The summed E-state index contributed by atoms with van der Waals surface area (Å²) in [5.74, 6) is 1.25. The van der Waals surface area contributed by atoms with Crippen LogP contribution in [0.4, 0.5) is 0 Å². The monoisotopic (exact) mass is 227 g/mol. The largest absolute Gasteiger partial charge is 0.409 e.